The summed E-state index contributed by atoms with van der Waals surface area (Å²) in [5.74, 6) is 0.513. The number of rotatable bonds is 9. The molecule has 0 bridgehead atoms. The Balaban J connectivity index is 1.61. The summed E-state index contributed by atoms with van der Waals surface area (Å²) in [7, 11) is 3.28. The van der Waals surface area contributed by atoms with Gasteiger partial charge in [-0.15, -0.1) is 0 Å². The van der Waals surface area contributed by atoms with E-state index in [9.17, 15) is 14.7 Å². The first-order valence-corrected chi connectivity index (χ1v) is 14.4. The first kappa shape index (κ1) is 30.5. The molecule has 0 atom stereocenters. The van der Waals surface area contributed by atoms with Crippen LogP contribution in [0.25, 0.3) is 11.1 Å². The number of carboxylic acids is 1. The summed E-state index contributed by atoms with van der Waals surface area (Å²) in [4.78, 5) is 26.7. The van der Waals surface area contributed by atoms with Crippen molar-refractivity contribution in [3.8, 4) is 22.6 Å². The number of nitrogens with one attached hydrogen (secondary N) is 1. The van der Waals surface area contributed by atoms with Crippen LogP contribution in [0, 0.1) is 6.92 Å². The average Bonchev–Trinajstić information content (AvgIpc) is 3.45. The summed E-state index contributed by atoms with van der Waals surface area (Å²) >= 11 is 0. The number of hydrogen-bond donors (Lipinski definition) is 2. The largest absolute Gasteiger partial charge is 0.496 e. The summed E-state index contributed by atoms with van der Waals surface area (Å²) in [6, 6.07) is 9.85. The molecule has 9 heteroatoms. The molecule has 2 aromatic rings. The van der Waals surface area contributed by atoms with Crippen molar-refractivity contribution in [2.24, 2.45) is 0 Å². The molecule has 1 saturated carbocycles. The summed E-state index contributed by atoms with van der Waals surface area (Å²) < 4.78 is 23.1. The molecule has 2 fully saturated rings. The number of carbonyl (C=O) groups excluding carboxylic acids is 1. The quantitative estimate of drug-likeness (QED) is 0.358. The molecule has 1 amide bonds. The minimum atomic E-state index is -1.21. The van der Waals surface area contributed by atoms with Gasteiger partial charge in [0.25, 0.3) is 0 Å². The lowest BCUT2D eigenvalue weighted by Gasteiger charge is -2.40. The van der Waals surface area contributed by atoms with Gasteiger partial charge < -0.3 is 34.3 Å². The minimum absolute atomic E-state index is 0.226. The molecule has 1 aliphatic heterocycles. The summed E-state index contributed by atoms with van der Waals surface area (Å²) in [6.07, 6.45) is 4.76. The molecule has 4 rings (SSSR count). The van der Waals surface area contributed by atoms with Crippen molar-refractivity contribution in [3.63, 3.8) is 0 Å². The van der Waals surface area contributed by atoms with Crippen molar-refractivity contribution in [3.05, 3.63) is 41.5 Å². The predicted molar refractivity (Wildman–Crippen MR) is 158 cm³/mol. The predicted octanol–water partition coefficient (Wildman–Crippen LogP) is 6.40. The molecule has 1 aliphatic carbocycles. The summed E-state index contributed by atoms with van der Waals surface area (Å²) in [6.45, 7) is 8.38. The van der Waals surface area contributed by atoms with E-state index >= 15 is 0 Å². The molecule has 41 heavy (non-hydrogen) atoms. The molecule has 9 nitrogen and oxygen atoms in total. The first-order chi connectivity index (χ1) is 19.4. The normalized spacial score (nSPS) is 17.3. The van der Waals surface area contributed by atoms with Gasteiger partial charge in [-0.2, -0.15) is 0 Å². The van der Waals surface area contributed by atoms with E-state index in [0.29, 0.717) is 12.3 Å². The average molecular weight is 569 g/mol. The number of carboxylic acid groups (broad SMARTS) is 1. The Kier molecular flexibility index (Phi) is 9.37. The van der Waals surface area contributed by atoms with E-state index in [-0.39, 0.29) is 32.0 Å². The Labute approximate surface area is 243 Å². The molecule has 0 unspecified atom stereocenters. The number of aliphatic carboxylic acids is 1. The van der Waals surface area contributed by atoms with Crippen LogP contribution in [0.4, 0.5) is 10.5 Å². The van der Waals surface area contributed by atoms with Crippen LogP contribution in [-0.4, -0.2) is 66.6 Å². The van der Waals surface area contributed by atoms with Crippen molar-refractivity contribution < 1.29 is 33.6 Å². The number of benzene rings is 2. The number of carbonyl (C=O) groups is 2. The van der Waals surface area contributed by atoms with Gasteiger partial charge in [0.1, 0.15) is 22.6 Å². The molecule has 0 radical (unpaired) electrons. The standard InChI is InChI=1S/C32H44N2O7/c1-21-27(38-5)18-22(19-28(21)39-6)26-12-11-24(17-23(26)20-40-25-9-7-8-10-25)33-32(29(35)36)13-15-34(16-14-32)30(37)41-31(2,3)4/h11-12,17-19,25,33H,7-10,13-16,20H2,1-6H3,(H,35,36). The molecule has 2 aliphatic rings. The Bertz CT molecular complexity index is 1210. The highest BCUT2D eigenvalue weighted by molar-refractivity contribution is 5.84. The summed E-state index contributed by atoms with van der Waals surface area (Å²) in [5.41, 5.74) is 2.64. The van der Waals surface area contributed by atoms with Gasteiger partial charge in [-0.3, -0.25) is 0 Å². The van der Waals surface area contributed by atoms with E-state index in [2.05, 4.69) is 5.32 Å². The zero-order chi connectivity index (χ0) is 29.8. The van der Waals surface area contributed by atoms with Crippen LogP contribution in [0.2, 0.25) is 0 Å². The number of hydrogen-bond acceptors (Lipinski definition) is 7. The lowest BCUT2D eigenvalue weighted by atomic mass is 9.87. The molecule has 0 spiro atoms. The van der Waals surface area contributed by atoms with Crippen molar-refractivity contribution >= 4 is 17.7 Å². The van der Waals surface area contributed by atoms with Gasteiger partial charge in [-0.25, -0.2) is 9.59 Å². The van der Waals surface area contributed by atoms with Crippen molar-refractivity contribution in [2.45, 2.75) is 90.1 Å². The molecule has 2 N–H and O–H groups in total. The number of likely N-dealkylation sites (tertiary alicyclic amines) is 1. The Morgan fingerprint density at radius 1 is 1.02 bits per heavy atom. The van der Waals surface area contributed by atoms with Gasteiger partial charge in [0.2, 0.25) is 0 Å². The third kappa shape index (κ3) is 7.25. The number of nitrogens with zero attached hydrogens (tertiary/aromatic N) is 1. The van der Waals surface area contributed by atoms with Crippen molar-refractivity contribution in [1.29, 1.82) is 0 Å². The molecular weight excluding hydrogens is 524 g/mol. The van der Waals surface area contributed by atoms with Crippen LogP contribution >= 0.6 is 0 Å². The van der Waals surface area contributed by atoms with Gasteiger partial charge in [-0.05, 0) is 94.3 Å². The highest BCUT2D eigenvalue weighted by Gasteiger charge is 2.43. The number of amides is 1. The molecule has 1 heterocycles. The molecule has 224 valence electrons. The number of piperidine rings is 1. The van der Waals surface area contributed by atoms with Crippen LogP contribution in [0.3, 0.4) is 0 Å². The molecule has 0 aromatic heterocycles. The zero-order valence-corrected chi connectivity index (χ0v) is 25.2. The van der Waals surface area contributed by atoms with Crippen LogP contribution < -0.4 is 14.8 Å². The third-order valence-electron chi connectivity index (χ3n) is 8.01. The fraction of sp³-hybridized carbons (Fsp3) is 0.562. The topological polar surface area (TPSA) is 107 Å². The maximum atomic E-state index is 12.6. The highest BCUT2D eigenvalue weighted by atomic mass is 16.6. The molecule has 2 aromatic carbocycles. The van der Waals surface area contributed by atoms with Crippen LogP contribution in [0.5, 0.6) is 11.5 Å². The SMILES string of the molecule is COc1cc(-c2ccc(NC3(C(=O)O)CCN(C(=O)OC(C)(C)C)CC3)cc2COC2CCCC2)cc(OC)c1C. The number of methoxy groups -OCH3 is 2. The second-order valence-corrected chi connectivity index (χ2v) is 12.1. The number of anilines is 1. The fourth-order valence-corrected chi connectivity index (χ4v) is 5.64. The lowest BCUT2D eigenvalue weighted by molar-refractivity contribution is -0.144. The maximum Gasteiger partial charge on any atom is 0.410 e. The van der Waals surface area contributed by atoms with E-state index < -0.39 is 23.2 Å². The Morgan fingerprint density at radius 2 is 1.63 bits per heavy atom. The van der Waals surface area contributed by atoms with E-state index in [0.717, 1.165) is 46.6 Å². The van der Waals surface area contributed by atoms with Gasteiger partial charge in [0, 0.05) is 24.3 Å². The smallest absolute Gasteiger partial charge is 0.410 e. The van der Waals surface area contributed by atoms with Crippen LogP contribution in [0.1, 0.15) is 70.4 Å². The Morgan fingerprint density at radius 3 is 2.17 bits per heavy atom. The highest BCUT2D eigenvalue weighted by Crippen LogP contribution is 2.38. The van der Waals surface area contributed by atoms with Crippen LogP contribution in [-0.2, 0) is 20.9 Å². The third-order valence-corrected chi connectivity index (χ3v) is 8.01. The second-order valence-electron chi connectivity index (χ2n) is 12.1. The maximum absolute atomic E-state index is 12.6. The molecule has 1 saturated heterocycles. The van der Waals surface area contributed by atoms with E-state index in [1.54, 1.807) is 19.1 Å². The van der Waals surface area contributed by atoms with Gasteiger partial charge >= 0.3 is 12.1 Å². The first-order valence-electron chi connectivity index (χ1n) is 14.4. The molecular formula is C32H44N2O7. The summed E-state index contributed by atoms with van der Waals surface area (Å²) in [5, 5.41) is 13.6. The fourth-order valence-electron chi connectivity index (χ4n) is 5.64. The van der Waals surface area contributed by atoms with Gasteiger partial charge in [-0.1, -0.05) is 18.9 Å². The van der Waals surface area contributed by atoms with Gasteiger partial charge in [0.05, 0.1) is 26.9 Å². The van der Waals surface area contributed by atoms with Crippen LogP contribution in [0.15, 0.2) is 30.3 Å². The lowest BCUT2D eigenvalue weighted by Crippen LogP contribution is -2.55. The van der Waals surface area contributed by atoms with Crippen molar-refractivity contribution in [1.82, 2.24) is 4.90 Å². The van der Waals surface area contributed by atoms with E-state index in [1.165, 1.54) is 12.8 Å². The van der Waals surface area contributed by atoms with E-state index in [4.69, 9.17) is 18.9 Å². The Hall–Kier alpha value is -3.46. The van der Waals surface area contributed by atoms with Crippen molar-refractivity contribution in [2.75, 3.05) is 32.6 Å². The number of ether oxygens (including phenoxy) is 4. The minimum Gasteiger partial charge on any atom is -0.496 e. The second kappa shape index (κ2) is 12.6. The van der Waals surface area contributed by atoms with Gasteiger partial charge in [0.15, 0.2) is 0 Å². The monoisotopic (exact) mass is 568 g/mol. The zero-order valence-electron chi connectivity index (χ0n) is 25.2. The van der Waals surface area contributed by atoms with E-state index in [1.807, 2.05) is 58.0 Å².